The zero-order valence-corrected chi connectivity index (χ0v) is 20.6. The first-order valence-electron chi connectivity index (χ1n) is 10.4. The summed E-state index contributed by atoms with van der Waals surface area (Å²) >= 11 is 9.59. The molecule has 1 aromatic heterocycles. The highest BCUT2D eigenvalue weighted by molar-refractivity contribution is 8.01. The lowest BCUT2D eigenvalue weighted by atomic mass is 9.68. The second-order valence-corrected chi connectivity index (χ2v) is 11.4. The number of nitrogens with two attached hydrogens (primary N) is 1. The van der Waals surface area contributed by atoms with Crippen molar-refractivity contribution in [2.45, 2.75) is 50.3 Å². The van der Waals surface area contributed by atoms with Crippen LogP contribution in [-0.4, -0.2) is 21.7 Å². The van der Waals surface area contributed by atoms with Gasteiger partial charge in [0.15, 0.2) is 10.1 Å². The number of nitrogens with zero attached hydrogens (tertiary/aromatic N) is 4. The molecule has 2 heterocycles. The van der Waals surface area contributed by atoms with Crippen molar-refractivity contribution in [3.63, 3.8) is 0 Å². The number of carbonyl (C=O) groups excluding carboxylic acids is 1. The Morgan fingerprint density at radius 1 is 1.34 bits per heavy atom. The van der Waals surface area contributed by atoms with Crippen molar-refractivity contribution in [1.82, 2.24) is 10.2 Å². The van der Waals surface area contributed by atoms with E-state index in [0.717, 1.165) is 22.2 Å². The lowest BCUT2D eigenvalue weighted by molar-refractivity contribution is -0.118. The molecule has 0 amide bonds. The molecule has 0 fully saturated rings. The fraction of sp³-hybridized carbons (Fsp3) is 0.391. The number of hydrogen-bond acceptors (Lipinski definition) is 8. The predicted octanol–water partition coefficient (Wildman–Crippen LogP) is 5.63. The third-order valence-corrected chi connectivity index (χ3v) is 8.21. The summed E-state index contributed by atoms with van der Waals surface area (Å²) < 4.78 is 0.838. The number of anilines is 1. The maximum absolute atomic E-state index is 13.5. The third kappa shape index (κ3) is 4.05. The summed E-state index contributed by atoms with van der Waals surface area (Å²) in [6, 6.07) is 9.58. The molecule has 1 atom stereocenters. The van der Waals surface area contributed by atoms with Gasteiger partial charge in [-0.15, -0.1) is 10.2 Å². The minimum atomic E-state index is -0.592. The van der Waals surface area contributed by atoms with Gasteiger partial charge < -0.3 is 5.73 Å². The monoisotopic (exact) mass is 485 g/mol. The summed E-state index contributed by atoms with van der Waals surface area (Å²) in [4.78, 5) is 15.3. The number of hydrogen-bond donors (Lipinski definition) is 1. The van der Waals surface area contributed by atoms with E-state index in [1.807, 2.05) is 18.2 Å². The highest BCUT2D eigenvalue weighted by atomic mass is 35.5. The van der Waals surface area contributed by atoms with Crippen molar-refractivity contribution in [3.8, 4) is 6.07 Å². The molecule has 0 bridgehead atoms. The minimum Gasteiger partial charge on any atom is -0.384 e. The van der Waals surface area contributed by atoms with Crippen LogP contribution in [0, 0.1) is 16.7 Å². The Morgan fingerprint density at radius 2 is 2.09 bits per heavy atom. The van der Waals surface area contributed by atoms with Gasteiger partial charge in [-0.1, -0.05) is 73.7 Å². The second kappa shape index (κ2) is 8.89. The number of Topliss-reactive ketones (excluding diaryl/α,β-unsaturated/α-hetero) is 1. The van der Waals surface area contributed by atoms with Crippen molar-refractivity contribution in [3.05, 3.63) is 57.5 Å². The van der Waals surface area contributed by atoms with E-state index in [9.17, 15) is 10.1 Å². The molecule has 1 aliphatic heterocycles. The molecule has 0 radical (unpaired) electrons. The first kappa shape index (κ1) is 22.8. The van der Waals surface area contributed by atoms with E-state index < -0.39 is 5.92 Å². The molecule has 32 heavy (non-hydrogen) atoms. The van der Waals surface area contributed by atoms with Crippen LogP contribution in [0.4, 0.5) is 5.13 Å². The van der Waals surface area contributed by atoms with E-state index in [0.29, 0.717) is 39.7 Å². The SMILES string of the molecule is CCCSc1nnc(N2C(N)=C(C#N)C(c3ccccc3Cl)C3=C2CC(C)(C)CC3=O)s1. The Hall–Kier alpha value is -2.34. The first-order valence-corrected chi connectivity index (χ1v) is 12.6. The molecule has 6 nitrogen and oxygen atoms in total. The third-order valence-electron chi connectivity index (χ3n) is 5.61. The van der Waals surface area contributed by atoms with Crippen LogP contribution >= 0.6 is 34.7 Å². The van der Waals surface area contributed by atoms with E-state index in [-0.39, 0.29) is 17.0 Å². The predicted molar refractivity (Wildman–Crippen MR) is 129 cm³/mol. The van der Waals surface area contributed by atoms with Gasteiger partial charge in [-0.3, -0.25) is 9.69 Å². The number of carbonyl (C=O) groups is 1. The number of halogens is 1. The largest absolute Gasteiger partial charge is 0.384 e. The smallest absolute Gasteiger partial charge is 0.219 e. The van der Waals surface area contributed by atoms with Crippen LogP contribution in [0.2, 0.25) is 5.02 Å². The molecule has 4 rings (SSSR count). The number of rotatable bonds is 5. The summed E-state index contributed by atoms with van der Waals surface area (Å²) in [6.45, 7) is 6.25. The molecule has 9 heteroatoms. The normalized spacial score (nSPS) is 20.4. The van der Waals surface area contributed by atoms with Gasteiger partial charge in [0.2, 0.25) is 5.13 Å². The Labute approximate surface area is 201 Å². The van der Waals surface area contributed by atoms with E-state index in [1.54, 1.807) is 22.7 Å². The molecule has 1 aromatic carbocycles. The number of benzene rings is 1. The molecule has 2 aromatic rings. The van der Waals surface area contributed by atoms with Gasteiger partial charge in [-0.05, 0) is 29.9 Å². The van der Waals surface area contributed by atoms with Crippen LogP contribution in [0.25, 0.3) is 0 Å². The van der Waals surface area contributed by atoms with Gasteiger partial charge in [0.05, 0.1) is 17.6 Å². The fourth-order valence-corrected chi connectivity index (χ4v) is 6.34. The Bertz CT molecular complexity index is 1180. The average Bonchev–Trinajstić information content (AvgIpc) is 3.19. The minimum absolute atomic E-state index is 0.0107. The van der Waals surface area contributed by atoms with Crippen LogP contribution in [0.5, 0.6) is 0 Å². The van der Waals surface area contributed by atoms with Gasteiger partial charge in [-0.25, -0.2) is 0 Å². The molecule has 1 unspecified atom stereocenters. The Kier molecular flexibility index (Phi) is 6.35. The number of aromatic nitrogens is 2. The summed E-state index contributed by atoms with van der Waals surface area (Å²) in [6.07, 6.45) is 2.06. The highest BCUT2D eigenvalue weighted by Gasteiger charge is 2.45. The summed E-state index contributed by atoms with van der Waals surface area (Å²) in [5.74, 6) is 0.643. The number of thioether (sulfide) groups is 1. The fourth-order valence-electron chi connectivity index (χ4n) is 4.29. The van der Waals surface area contributed by atoms with Gasteiger partial charge >= 0.3 is 0 Å². The lowest BCUT2D eigenvalue weighted by Gasteiger charge is -2.42. The quantitative estimate of drug-likeness (QED) is 0.547. The molecule has 0 spiro atoms. The van der Waals surface area contributed by atoms with Gasteiger partial charge in [-0.2, -0.15) is 5.26 Å². The molecule has 166 valence electrons. The van der Waals surface area contributed by atoms with Crippen molar-refractivity contribution in [2.24, 2.45) is 11.1 Å². The van der Waals surface area contributed by atoms with Crippen LogP contribution in [0.15, 0.2) is 51.3 Å². The summed E-state index contributed by atoms with van der Waals surface area (Å²) in [7, 11) is 0. The lowest BCUT2D eigenvalue weighted by Crippen LogP contribution is -2.42. The zero-order chi connectivity index (χ0) is 23.0. The van der Waals surface area contributed by atoms with E-state index >= 15 is 0 Å². The van der Waals surface area contributed by atoms with Crippen molar-refractivity contribution in [1.29, 1.82) is 5.26 Å². The molecule has 1 aliphatic carbocycles. The zero-order valence-electron chi connectivity index (χ0n) is 18.2. The molecule has 0 saturated heterocycles. The number of nitriles is 1. The summed E-state index contributed by atoms with van der Waals surface area (Å²) in [5.41, 5.74) is 8.77. The van der Waals surface area contributed by atoms with Crippen molar-refractivity contribution >= 4 is 45.6 Å². The number of allylic oxidation sites excluding steroid dienone is 3. The Morgan fingerprint density at radius 3 is 2.78 bits per heavy atom. The van der Waals surface area contributed by atoms with E-state index in [1.165, 1.54) is 11.3 Å². The van der Waals surface area contributed by atoms with Gasteiger partial charge in [0, 0.05) is 28.5 Å². The standard InChI is InChI=1S/C23H24ClN5OS2/c1-4-9-31-22-28-27-21(32-22)29-16-10-23(2,3)11-17(30)19(16)18(14(12-25)20(29)26)13-7-5-6-8-15(13)24/h5-8,18H,4,9-11,26H2,1-3H3. The van der Waals surface area contributed by atoms with Crippen LogP contribution < -0.4 is 10.6 Å². The average molecular weight is 486 g/mol. The van der Waals surface area contributed by atoms with E-state index in [4.69, 9.17) is 17.3 Å². The van der Waals surface area contributed by atoms with E-state index in [2.05, 4.69) is 37.0 Å². The van der Waals surface area contributed by atoms with Crippen LogP contribution in [0.1, 0.15) is 51.5 Å². The molecular formula is C23H24ClN5OS2. The maximum atomic E-state index is 13.5. The Balaban J connectivity index is 1.93. The summed E-state index contributed by atoms with van der Waals surface area (Å²) in [5, 5.41) is 19.9. The number of ketones is 1. The maximum Gasteiger partial charge on any atom is 0.219 e. The van der Waals surface area contributed by atoms with Gasteiger partial charge in [0.25, 0.3) is 0 Å². The first-order chi connectivity index (χ1) is 15.3. The molecule has 2 N–H and O–H groups in total. The highest BCUT2D eigenvalue weighted by Crippen LogP contribution is 2.51. The second-order valence-electron chi connectivity index (χ2n) is 8.70. The van der Waals surface area contributed by atoms with Crippen molar-refractivity contribution < 1.29 is 4.79 Å². The van der Waals surface area contributed by atoms with Crippen LogP contribution in [-0.2, 0) is 4.79 Å². The van der Waals surface area contributed by atoms with Gasteiger partial charge in [0.1, 0.15) is 5.82 Å². The van der Waals surface area contributed by atoms with Crippen LogP contribution in [0.3, 0.4) is 0 Å². The van der Waals surface area contributed by atoms with Crippen molar-refractivity contribution in [2.75, 3.05) is 10.7 Å². The molecule has 2 aliphatic rings. The molecule has 0 saturated carbocycles. The topological polar surface area (TPSA) is 95.9 Å². The molecular weight excluding hydrogens is 462 g/mol.